The Bertz CT molecular complexity index is 861. The van der Waals surface area contributed by atoms with Crippen LogP contribution in [0.4, 0.5) is 0 Å². The lowest BCUT2D eigenvalue weighted by Gasteiger charge is -2.30. The van der Waals surface area contributed by atoms with Gasteiger partial charge in [-0.15, -0.1) is 0 Å². The van der Waals surface area contributed by atoms with Crippen molar-refractivity contribution in [1.82, 2.24) is 0 Å². The van der Waals surface area contributed by atoms with Gasteiger partial charge in [0.05, 0.1) is 13.2 Å². The minimum atomic E-state index is -0.103. The fourth-order valence-corrected chi connectivity index (χ4v) is 3.34. The van der Waals surface area contributed by atoms with Gasteiger partial charge < -0.3 is 14.2 Å². The molecule has 0 N–H and O–H groups in total. The molecule has 0 heterocycles. The van der Waals surface area contributed by atoms with E-state index in [0.29, 0.717) is 26.4 Å². The van der Waals surface area contributed by atoms with E-state index in [0.717, 1.165) is 11.5 Å². The number of hydrogen-bond donors (Lipinski definition) is 0. The molecule has 5 heteroatoms. The molecule has 0 radical (unpaired) electrons. The molecule has 0 amide bonds. The van der Waals surface area contributed by atoms with E-state index in [1.165, 1.54) is 11.1 Å². The van der Waals surface area contributed by atoms with Crippen LogP contribution in [0.3, 0.4) is 0 Å². The van der Waals surface area contributed by atoms with Crippen molar-refractivity contribution in [2.24, 2.45) is 0 Å². The highest BCUT2D eigenvalue weighted by Gasteiger charge is 2.25. The van der Waals surface area contributed by atoms with Crippen LogP contribution in [0.2, 0.25) is 0 Å². The summed E-state index contributed by atoms with van der Waals surface area (Å²) in [4.78, 5) is 0. The molecule has 0 aromatic heterocycles. The number of benzene rings is 2. The van der Waals surface area contributed by atoms with Crippen LogP contribution in [-0.2, 0) is 15.6 Å². The van der Waals surface area contributed by atoms with Gasteiger partial charge in [0.2, 0.25) is 0 Å². The van der Waals surface area contributed by atoms with Gasteiger partial charge in [-0.1, -0.05) is 63.8 Å². The average Bonchev–Trinajstić information content (AvgIpc) is 2.75. The van der Waals surface area contributed by atoms with E-state index in [9.17, 15) is 0 Å². The number of hydrogen-bond acceptors (Lipinski definition) is 3. The van der Waals surface area contributed by atoms with Gasteiger partial charge in [-0.2, -0.15) is 0 Å². The molecule has 3 nitrogen and oxygen atoms in total. The van der Waals surface area contributed by atoms with Gasteiger partial charge in [-0.05, 0) is 43.2 Å². The maximum atomic E-state index is 6.19. The summed E-state index contributed by atoms with van der Waals surface area (Å²) >= 11 is 4.02. The largest absolute Gasteiger partial charge is 0.481 e. The lowest BCUT2D eigenvalue weighted by atomic mass is 9.84. The zero-order valence-electron chi connectivity index (χ0n) is 18.4. The smallest absolute Gasteiger partial charge is 0.149 e. The molecule has 0 saturated carbocycles. The summed E-state index contributed by atoms with van der Waals surface area (Å²) in [6, 6.07) is 16.4. The molecule has 0 aliphatic rings. The Kier molecular flexibility index (Phi) is 10.5. The SMILES string of the molecule is CC(C)(COCC(C)(C)c1ccc(OCC#CI)cc1)c1ccc(OCC#CI)cc1. The van der Waals surface area contributed by atoms with E-state index in [4.69, 9.17) is 14.2 Å². The molecule has 2 aromatic rings. The number of ether oxygens (including phenoxy) is 3. The Morgan fingerprint density at radius 3 is 1.32 bits per heavy atom. The fourth-order valence-electron chi connectivity index (χ4n) is 3.03. The third-order valence-electron chi connectivity index (χ3n) is 4.95. The first-order valence-corrected chi connectivity index (χ1v) is 12.2. The third kappa shape index (κ3) is 8.56. The van der Waals surface area contributed by atoms with Crippen molar-refractivity contribution in [3.63, 3.8) is 0 Å². The molecule has 164 valence electrons. The van der Waals surface area contributed by atoms with Crippen LogP contribution in [0.25, 0.3) is 0 Å². The normalized spacial score (nSPS) is 11.0. The van der Waals surface area contributed by atoms with E-state index in [2.05, 4.69) is 71.7 Å². The number of halogens is 2. The predicted octanol–water partition coefficient (Wildman–Crippen LogP) is 6.51. The van der Waals surface area contributed by atoms with Crippen LogP contribution in [0, 0.1) is 19.7 Å². The Morgan fingerprint density at radius 1 is 0.645 bits per heavy atom. The van der Waals surface area contributed by atoms with Crippen molar-refractivity contribution in [3.8, 4) is 31.2 Å². The van der Waals surface area contributed by atoms with E-state index in [1.807, 2.05) is 69.4 Å². The molecule has 0 atom stereocenters. The van der Waals surface area contributed by atoms with Crippen LogP contribution in [-0.4, -0.2) is 26.4 Å². The highest BCUT2D eigenvalue weighted by molar-refractivity contribution is 14.1. The lowest BCUT2D eigenvalue weighted by molar-refractivity contribution is 0.0633. The van der Waals surface area contributed by atoms with Crippen LogP contribution in [0.15, 0.2) is 48.5 Å². The molecule has 31 heavy (non-hydrogen) atoms. The van der Waals surface area contributed by atoms with Crippen LogP contribution in [0.5, 0.6) is 11.5 Å². The molecule has 0 bridgehead atoms. The molecule has 0 aliphatic carbocycles. The van der Waals surface area contributed by atoms with Crippen molar-refractivity contribution in [1.29, 1.82) is 0 Å². The summed E-state index contributed by atoms with van der Waals surface area (Å²) in [6.07, 6.45) is 0. The molecule has 0 fully saturated rings. The zero-order valence-corrected chi connectivity index (χ0v) is 22.7. The van der Waals surface area contributed by atoms with Crippen molar-refractivity contribution in [3.05, 3.63) is 59.7 Å². The monoisotopic (exact) mass is 642 g/mol. The summed E-state index contributed by atoms with van der Waals surface area (Å²) < 4.78 is 23.0. The van der Waals surface area contributed by atoms with E-state index < -0.39 is 0 Å². The minimum absolute atomic E-state index is 0.103. The second kappa shape index (κ2) is 12.6. The highest BCUT2D eigenvalue weighted by atomic mass is 127. The molecule has 0 unspecified atom stereocenters. The first-order valence-electron chi connectivity index (χ1n) is 10.00. The molecule has 0 saturated heterocycles. The summed E-state index contributed by atoms with van der Waals surface area (Å²) in [5.74, 6) is 7.44. The first-order chi connectivity index (χ1) is 14.8. The quantitative estimate of drug-likeness (QED) is 0.219. The standard InChI is InChI=1S/C26H28I2O3/c1-25(2,21-7-11-23(12-8-21)30-17-5-15-27)19-29-20-26(3,4)22-9-13-24(14-10-22)31-18-6-16-28/h7-14H,17-20H2,1-4H3. The Morgan fingerprint density at radius 2 is 1.00 bits per heavy atom. The van der Waals surface area contributed by atoms with E-state index in [-0.39, 0.29) is 10.8 Å². The molecule has 0 aliphatic heterocycles. The molecule has 2 aromatic carbocycles. The van der Waals surface area contributed by atoms with Gasteiger partial charge in [-0.3, -0.25) is 0 Å². The van der Waals surface area contributed by atoms with Crippen LogP contribution < -0.4 is 9.47 Å². The summed E-state index contributed by atoms with van der Waals surface area (Å²) in [7, 11) is 0. The molecule has 0 spiro atoms. The molecular formula is C26H28I2O3. The third-order valence-corrected chi connectivity index (χ3v) is 5.72. The van der Waals surface area contributed by atoms with Crippen molar-refractivity contribution < 1.29 is 14.2 Å². The summed E-state index contributed by atoms with van der Waals surface area (Å²) in [6.45, 7) is 10.9. The van der Waals surface area contributed by atoms with Crippen molar-refractivity contribution in [2.75, 3.05) is 26.4 Å². The van der Waals surface area contributed by atoms with Gasteiger partial charge in [-0.25, -0.2) is 0 Å². The highest BCUT2D eigenvalue weighted by Crippen LogP contribution is 2.29. The Labute approximate surface area is 213 Å². The summed E-state index contributed by atoms with van der Waals surface area (Å²) in [5, 5.41) is 0. The summed E-state index contributed by atoms with van der Waals surface area (Å²) in [5.41, 5.74) is 2.23. The lowest BCUT2D eigenvalue weighted by Crippen LogP contribution is -2.30. The molecular weight excluding hydrogens is 614 g/mol. The van der Waals surface area contributed by atoms with Gasteiger partial charge in [0.25, 0.3) is 0 Å². The predicted molar refractivity (Wildman–Crippen MR) is 144 cm³/mol. The number of rotatable bonds is 10. The van der Waals surface area contributed by atoms with Crippen LogP contribution in [0.1, 0.15) is 38.8 Å². The maximum Gasteiger partial charge on any atom is 0.149 e. The van der Waals surface area contributed by atoms with Gasteiger partial charge in [0.1, 0.15) is 24.7 Å². The zero-order chi connectivity index (χ0) is 22.7. The average molecular weight is 642 g/mol. The molecule has 2 rings (SSSR count). The maximum absolute atomic E-state index is 6.19. The fraction of sp³-hybridized carbons (Fsp3) is 0.385. The van der Waals surface area contributed by atoms with Gasteiger partial charge in [0, 0.05) is 56.0 Å². The second-order valence-corrected chi connectivity index (χ2v) is 9.51. The Balaban J connectivity index is 1.90. The topological polar surface area (TPSA) is 27.7 Å². The van der Waals surface area contributed by atoms with E-state index >= 15 is 0 Å². The Hall–Kier alpha value is -1.42. The van der Waals surface area contributed by atoms with Gasteiger partial charge in [0.15, 0.2) is 0 Å². The van der Waals surface area contributed by atoms with Crippen molar-refractivity contribution in [2.45, 2.75) is 38.5 Å². The second-order valence-electron chi connectivity index (χ2n) is 8.43. The van der Waals surface area contributed by atoms with Crippen molar-refractivity contribution >= 4 is 45.2 Å². The van der Waals surface area contributed by atoms with Crippen LogP contribution >= 0.6 is 45.2 Å². The first kappa shape index (κ1) is 25.8. The van der Waals surface area contributed by atoms with E-state index in [1.54, 1.807) is 0 Å². The van der Waals surface area contributed by atoms with Gasteiger partial charge >= 0.3 is 0 Å². The minimum Gasteiger partial charge on any atom is -0.481 e.